The zero-order valence-corrected chi connectivity index (χ0v) is 12.3. The molecular formula is C15H21NO4. The number of nitrogens with one attached hydrogen (secondary N) is 1. The minimum absolute atomic E-state index is 0.409. The molecular weight excluding hydrogens is 258 g/mol. The van der Waals surface area contributed by atoms with Crippen LogP contribution in [0.2, 0.25) is 0 Å². The molecule has 1 amide bonds. The molecule has 1 N–H and O–H groups in total. The summed E-state index contributed by atoms with van der Waals surface area (Å²) in [4.78, 5) is 22.6. The van der Waals surface area contributed by atoms with Crippen molar-refractivity contribution in [3.8, 4) is 5.75 Å². The van der Waals surface area contributed by atoms with Gasteiger partial charge < -0.3 is 19.6 Å². The highest BCUT2D eigenvalue weighted by Gasteiger charge is 2.19. The Labute approximate surface area is 119 Å². The highest BCUT2D eigenvalue weighted by molar-refractivity contribution is 5.73. The minimum Gasteiger partial charge on any atom is -0.497 e. The first-order chi connectivity index (χ1) is 9.34. The normalized spacial score (nSPS) is 12.4. The van der Waals surface area contributed by atoms with Gasteiger partial charge in [-0.3, -0.25) is 0 Å². The molecule has 1 rings (SSSR count). The molecule has 0 radical (unpaired) electrons. The van der Waals surface area contributed by atoms with Crippen molar-refractivity contribution in [1.82, 2.24) is 5.32 Å². The van der Waals surface area contributed by atoms with Crippen LogP contribution < -0.4 is 10.1 Å². The van der Waals surface area contributed by atoms with Crippen molar-refractivity contribution in [1.29, 1.82) is 0 Å². The lowest BCUT2D eigenvalue weighted by atomic mass is 10.1. The molecule has 0 heterocycles. The Morgan fingerprint density at radius 3 is 2.35 bits per heavy atom. The Hall–Kier alpha value is -2.04. The summed E-state index contributed by atoms with van der Waals surface area (Å²) >= 11 is 0. The largest absolute Gasteiger partial charge is 0.497 e. The topological polar surface area (TPSA) is 64.6 Å². The number of aldehydes is 1. The van der Waals surface area contributed by atoms with Gasteiger partial charge in [-0.05, 0) is 44.9 Å². The Kier molecular flexibility index (Phi) is 5.55. The van der Waals surface area contributed by atoms with E-state index in [0.29, 0.717) is 12.7 Å². The quantitative estimate of drug-likeness (QED) is 0.840. The maximum atomic E-state index is 11.6. The third kappa shape index (κ3) is 5.73. The van der Waals surface area contributed by atoms with Crippen LogP contribution in [0.5, 0.6) is 5.75 Å². The lowest BCUT2D eigenvalue weighted by Gasteiger charge is -2.21. The van der Waals surface area contributed by atoms with Gasteiger partial charge in [-0.15, -0.1) is 0 Å². The number of amides is 1. The molecule has 0 aliphatic rings. The number of alkyl carbamates (subject to hydrolysis) is 1. The van der Waals surface area contributed by atoms with Crippen molar-refractivity contribution in [2.45, 2.75) is 38.8 Å². The molecule has 20 heavy (non-hydrogen) atoms. The molecule has 1 aromatic carbocycles. The lowest BCUT2D eigenvalue weighted by molar-refractivity contribution is -0.109. The van der Waals surface area contributed by atoms with Crippen molar-refractivity contribution in [3.63, 3.8) is 0 Å². The first kappa shape index (κ1) is 16.0. The summed E-state index contributed by atoms with van der Waals surface area (Å²) in [5.41, 5.74) is 0.344. The third-order valence-electron chi connectivity index (χ3n) is 2.48. The van der Waals surface area contributed by atoms with Crippen LogP contribution in [0.15, 0.2) is 24.3 Å². The fraction of sp³-hybridized carbons (Fsp3) is 0.467. The Morgan fingerprint density at radius 1 is 1.30 bits per heavy atom. The Bertz CT molecular complexity index is 448. The van der Waals surface area contributed by atoms with Gasteiger partial charge in [0.05, 0.1) is 13.2 Å². The molecule has 0 aromatic heterocycles. The Balaban J connectivity index is 2.58. The van der Waals surface area contributed by atoms with Gasteiger partial charge in [0.2, 0.25) is 0 Å². The molecule has 5 heteroatoms. The van der Waals surface area contributed by atoms with Gasteiger partial charge in [-0.1, -0.05) is 12.1 Å². The number of carbonyl (C=O) groups is 2. The minimum atomic E-state index is -0.613. The Morgan fingerprint density at radius 2 is 1.90 bits per heavy atom. The number of rotatable bonds is 5. The van der Waals surface area contributed by atoms with Crippen molar-refractivity contribution < 1.29 is 19.1 Å². The first-order valence-corrected chi connectivity index (χ1v) is 6.42. The number of benzene rings is 1. The van der Waals surface area contributed by atoms with Crippen molar-refractivity contribution in [2.75, 3.05) is 7.11 Å². The number of carbonyl (C=O) groups excluding carboxylic acids is 2. The summed E-state index contributed by atoms with van der Waals surface area (Å²) in [6.45, 7) is 5.31. The average Bonchev–Trinajstić information content (AvgIpc) is 2.36. The van der Waals surface area contributed by atoms with E-state index in [1.54, 1.807) is 27.9 Å². The summed E-state index contributed by atoms with van der Waals surface area (Å²) in [5.74, 6) is 0.747. The van der Waals surface area contributed by atoms with Gasteiger partial charge >= 0.3 is 6.09 Å². The predicted molar refractivity (Wildman–Crippen MR) is 75.9 cm³/mol. The average molecular weight is 279 g/mol. The number of methoxy groups -OCH3 is 1. The summed E-state index contributed by atoms with van der Waals surface area (Å²) in [5, 5.41) is 2.54. The number of hydrogen-bond acceptors (Lipinski definition) is 4. The van der Waals surface area contributed by atoms with E-state index in [1.165, 1.54) is 0 Å². The van der Waals surface area contributed by atoms with Crippen molar-refractivity contribution in [2.24, 2.45) is 0 Å². The molecule has 0 aliphatic heterocycles. The van der Waals surface area contributed by atoms with Crippen molar-refractivity contribution in [3.05, 3.63) is 29.8 Å². The zero-order valence-electron chi connectivity index (χ0n) is 12.3. The van der Waals surface area contributed by atoms with Crippen LogP contribution in [0.4, 0.5) is 4.79 Å². The second-order valence-corrected chi connectivity index (χ2v) is 5.44. The number of hydrogen-bond donors (Lipinski definition) is 1. The van der Waals surface area contributed by atoms with Crippen LogP contribution >= 0.6 is 0 Å². The van der Waals surface area contributed by atoms with Crippen LogP contribution in [0.1, 0.15) is 26.3 Å². The van der Waals surface area contributed by atoms with Crippen LogP contribution in [-0.2, 0) is 16.0 Å². The molecule has 1 aromatic rings. The standard InChI is InChI=1S/C15H21NO4/c1-15(2,3)20-14(18)16-12(10-17)9-11-5-7-13(19-4)8-6-11/h5-8,10,12H,9H2,1-4H3,(H,16,18)/t12-/m0/s1. The molecule has 0 fully saturated rings. The molecule has 0 saturated heterocycles. The second-order valence-electron chi connectivity index (χ2n) is 5.44. The second kappa shape index (κ2) is 6.93. The van der Waals surface area contributed by atoms with Crippen molar-refractivity contribution >= 4 is 12.4 Å². The van der Waals surface area contributed by atoms with Gasteiger partial charge in [0, 0.05) is 0 Å². The van der Waals surface area contributed by atoms with E-state index in [4.69, 9.17) is 9.47 Å². The van der Waals surface area contributed by atoms with E-state index in [9.17, 15) is 9.59 Å². The van der Waals surface area contributed by atoms with E-state index in [1.807, 2.05) is 24.3 Å². The molecule has 0 unspecified atom stereocenters. The first-order valence-electron chi connectivity index (χ1n) is 6.42. The number of ether oxygens (including phenoxy) is 2. The fourth-order valence-electron chi connectivity index (χ4n) is 1.61. The molecule has 5 nitrogen and oxygen atoms in total. The molecule has 110 valence electrons. The smallest absolute Gasteiger partial charge is 0.408 e. The molecule has 1 atom stereocenters. The summed E-state index contributed by atoms with van der Waals surface area (Å²) in [6.07, 6.45) is 0.518. The van der Waals surface area contributed by atoms with E-state index >= 15 is 0 Å². The maximum Gasteiger partial charge on any atom is 0.408 e. The van der Waals surface area contributed by atoms with Gasteiger partial charge in [0.1, 0.15) is 17.6 Å². The van der Waals surface area contributed by atoms with E-state index in [2.05, 4.69) is 5.32 Å². The molecule has 0 bridgehead atoms. The summed E-state index contributed by atoms with van der Waals surface area (Å²) in [7, 11) is 1.59. The molecule has 0 spiro atoms. The van der Waals surface area contributed by atoms with Crippen LogP contribution in [0, 0.1) is 0 Å². The highest BCUT2D eigenvalue weighted by Crippen LogP contribution is 2.13. The van der Waals surface area contributed by atoms with Gasteiger partial charge in [0.15, 0.2) is 0 Å². The van der Waals surface area contributed by atoms with Crippen LogP contribution in [0.3, 0.4) is 0 Å². The highest BCUT2D eigenvalue weighted by atomic mass is 16.6. The third-order valence-corrected chi connectivity index (χ3v) is 2.48. The summed E-state index contributed by atoms with van der Waals surface area (Å²) < 4.78 is 10.2. The van der Waals surface area contributed by atoms with E-state index in [-0.39, 0.29) is 0 Å². The van der Waals surface area contributed by atoms with E-state index in [0.717, 1.165) is 11.3 Å². The zero-order chi connectivity index (χ0) is 15.2. The van der Waals surface area contributed by atoms with Gasteiger partial charge in [-0.25, -0.2) is 4.79 Å². The predicted octanol–water partition coefficient (Wildman–Crippen LogP) is 2.33. The monoisotopic (exact) mass is 279 g/mol. The fourth-order valence-corrected chi connectivity index (χ4v) is 1.61. The van der Waals surface area contributed by atoms with Crippen LogP contribution in [0.25, 0.3) is 0 Å². The SMILES string of the molecule is COc1ccc(C[C@@H](C=O)NC(=O)OC(C)(C)C)cc1. The van der Waals surface area contributed by atoms with Crippen LogP contribution in [-0.4, -0.2) is 31.1 Å². The molecule has 0 aliphatic carbocycles. The van der Waals surface area contributed by atoms with E-state index < -0.39 is 17.7 Å². The van der Waals surface area contributed by atoms with Gasteiger partial charge in [0.25, 0.3) is 0 Å². The summed E-state index contributed by atoms with van der Waals surface area (Å²) in [6, 6.07) is 6.71. The lowest BCUT2D eigenvalue weighted by Crippen LogP contribution is -2.41. The molecule has 0 saturated carbocycles. The van der Waals surface area contributed by atoms with Gasteiger partial charge in [-0.2, -0.15) is 0 Å². The maximum absolute atomic E-state index is 11.6.